The van der Waals surface area contributed by atoms with Gasteiger partial charge < -0.3 is 14.3 Å². The largest absolute Gasteiger partial charge is 0.435 e. The van der Waals surface area contributed by atoms with E-state index in [9.17, 15) is 4.79 Å². The number of amides is 1. The van der Waals surface area contributed by atoms with Crippen molar-refractivity contribution in [2.24, 2.45) is 5.84 Å². The number of carbonyl (C=O) groups excluding carboxylic acids is 1. The summed E-state index contributed by atoms with van der Waals surface area (Å²) in [7, 11) is 0. The third kappa shape index (κ3) is 3.29. The van der Waals surface area contributed by atoms with E-state index in [4.69, 9.17) is 10.3 Å². The predicted octanol–water partition coefficient (Wildman–Crippen LogP) is 2.94. The number of allylic oxidation sites excluding steroid dienone is 3. The van der Waals surface area contributed by atoms with Crippen molar-refractivity contribution in [1.29, 1.82) is 0 Å². The van der Waals surface area contributed by atoms with Gasteiger partial charge in [-0.3, -0.25) is 9.80 Å². The normalized spacial score (nSPS) is 22.8. The summed E-state index contributed by atoms with van der Waals surface area (Å²) in [6.07, 6.45) is 14.6. The van der Waals surface area contributed by atoms with Gasteiger partial charge in [0, 0.05) is 30.8 Å². The first-order valence-electron chi connectivity index (χ1n) is 10.00. The molecule has 0 aromatic carbocycles. The van der Waals surface area contributed by atoms with Crippen LogP contribution < -0.4 is 5.84 Å². The monoisotopic (exact) mass is 392 g/mol. The van der Waals surface area contributed by atoms with Gasteiger partial charge in [0.05, 0.1) is 30.0 Å². The lowest BCUT2D eigenvalue weighted by molar-refractivity contribution is 0.0622. The number of nitrogens with one attached hydrogen (secondary N) is 1. The second kappa shape index (κ2) is 7.04. The highest BCUT2D eigenvalue weighted by molar-refractivity contribution is 5.91. The first-order chi connectivity index (χ1) is 14.1. The van der Waals surface area contributed by atoms with Crippen LogP contribution in [0.1, 0.15) is 66.0 Å². The fraction of sp³-hybridized carbons (Fsp3) is 0.381. The van der Waals surface area contributed by atoms with Gasteiger partial charge in [-0.15, -0.1) is 0 Å². The predicted molar refractivity (Wildman–Crippen MR) is 106 cm³/mol. The van der Waals surface area contributed by atoms with Gasteiger partial charge in [-0.2, -0.15) is 0 Å². The Morgan fingerprint density at radius 1 is 1.41 bits per heavy atom. The average Bonchev–Trinajstić information content (AvgIpc) is 3.25. The number of H-pyrrole nitrogens is 1. The zero-order chi connectivity index (χ0) is 20.0. The lowest BCUT2D eigenvalue weighted by Gasteiger charge is -2.34. The van der Waals surface area contributed by atoms with Crippen LogP contribution in [0.25, 0.3) is 0 Å². The number of rotatable bonds is 4. The molecule has 1 amide bonds. The van der Waals surface area contributed by atoms with E-state index in [0.717, 1.165) is 41.9 Å². The molecule has 2 aliphatic heterocycles. The van der Waals surface area contributed by atoms with Crippen LogP contribution in [0.15, 0.2) is 52.6 Å². The summed E-state index contributed by atoms with van der Waals surface area (Å²) >= 11 is 0. The highest BCUT2D eigenvalue weighted by Crippen LogP contribution is 2.40. The average molecular weight is 392 g/mol. The van der Waals surface area contributed by atoms with Crippen molar-refractivity contribution in [3.8, 4) is 0 Å². The standard InChI is InChI=1S/C21H24N6O2/c1-13-3-2-9-27(22)16(13)6-7-17-19-15(24-12-25-19)8-10-26(17)21(28)18-11-23-20(29-18)14-4-5-14/h2-3,6,9,11-12,14,17H,4-5,7-8,10,22H2,1H3,(H,24,25)/b16-6-/t17-/m0/s1. The van der Waals surface area contributed by atoms with E-state index in [1.807, 2.05) is 30.2 Å². The molecule has 4 heterocycles. The maximum absolute atomic E-state index is 13.3. The molecule has 3 aliphatic rings. The highest BCUT2D eigenvalue weighted by atomic mass is 16.4. The third-order valence-electron chi connectivity index (χ3n) is 5.78. The summed E-state index contributed by atoms with van der Waals surface area (Å²) in [5, 5.41) is 1.61. The summed E-state index contributed by atoms with van der Waals surface area (Å²) in [6, 6.07) is -0.188. The van der Waals surface area contributed by atoms with Gasteiger partial charge in [0.15, 0.2) is 5.89 Å². The van der Waals surface area contributed by atoms with Crippen molar-refractivity contribution in [1.82, 2.24) is 24.9 Å². The molecule has 0 spiro atoms. The molecule has 8 nitrogen and oxygen atoms in total. The number of carbonyl (C=O) groups is 1. The molecule has 5 rings (SSSR count). The molecule has 0 bridgehead atoms. The Labute approximate surface area is 168 Å². The molecule has 2 aromatic heterocycles. The molecule has 0 saturated heterocycles. The summed E-state index contributed by atoms with van der Waals surface area (Å²) in [5.41, 5.74) is 3.99. The minimum Gasteiger partial charge on any atom is -0.435 e. The van der Waals surface area contributed by atoms with Gasteiger partial charge in [0.2, 0.25) is 5.76 Å². The molecule has 29 heavy (non-hydrogen) atoms. The molecule has 1 atom stereocenters. The fourth-order valence-corrected chi connectivity index (χ4v) is 4.02. The summed E-state index contributed by atoms with van der Waals surface area (Å²) in [5.74, 6) is 7.32. The second-order valence-electron chi connectivity index (χ2n) is 7.79. The number of aromatic amines is 1. The quantitative estimate of drug-likeness (QED) is 0.775. The van der Waals surface area contributed by atoms with Crippen LogP contribution in [0.4, 0.5) is 0 Å². The van der Waals surface area contributed by atoms with Gasteiger partial charge in [-0.05, 0) is 37.8 Å². The Morgan fingerprint density at radius 3 is 3.07 bits per heavy atom. The van der Waals surface area contributed by atoms with Gasteiger partial charge in [-0.1, -0.05) is 12.2 Å². The van der Waals surface area contributed by atoms with Crippen molar-refractivity contribution in [3.63, 3.8) is 0 Å². The Bertz CT molecular complexity index is 1030. The van der Waals surface area contributed by atoms with Crippen molar-refractivity contribution in [2.45, 2.75) is 44.6 Å². The summed E-state index contributed by atoms with van der Waals surface area (Å²) in [4.78, 5) is 27.1. The molecule has 150 valence electrons. The topological polar surface area (TPSA) is 104 Å². The first kappa shape index (κ1) is 17.9. The Kier molecular flexibility index (Phi) is 4.35. The minimum absolute atomic E-state index is 0.137. The SMILES string of the molecule is CC1=CC=CN(N)/C1=C\C[C@H]1c2nc[nH]c2CCN1C(=O)c1cnc(C2CC2)o1. The van der Waals surface area contributed by atoms with Crippen LogP contribution in [0.2, 0.25) is 0 Å². The number of nitrogens with two attached hydrogens (primary N) is 1. The van der Waals surface area contributed by atoms with E-state index in [1.165, 1.54) is 0 Å². The van der Waals surface area contributed by atoms with E-state index in [-0.39, 0.29) is 11.9 Å². The second-order valence-corrected chi connectivity index (χ2v) is 7.79. The van der Waals surface area contributed by atoms with Crippen LogP contribution in [-0.4, -0.2) is 37.3 Å². The molecule has 1 saturated carbocycles. The molecule has 1 aliphatic carbocycles. The van der Waals surface area contributed by atoms with Crippen molar-refractivity contribution >= 4 is 5.91 Å². The Balaban J connectivity index is 1.43. The maximum atomic E-state index is 13.3. The molecular weight excluding hydrogens is 368 g/mol. The number of oxazole rings is 1. The van der Waals surface area contributed by atoms with E-state index in [1.54, 1.807) is 17.5 Å². The molecule has 0 radical (unpaired) electrons. The maximum Gasteiger partial charge on any atom is 0.291 e. The molecule has 3 N–H and O–H groups in total. The van der Waals surface area contributed by atoms with Crippen molar-refractivity contribution in [2.75, 3.05) is 6.54 Å². The van der Waals surface area contributed by atoms with E-state index >= 15 is 0 Å². The van der Waals surface area contributed by atoms with E-state index in [0.29, 0.717) is 30.5 Å². The van der Waals surface area contributed by atoms with Crippen LogP contribution in [0, 0.1) is 0 Å². The zero-order valence-electron chi connectivity index (χ0n) is 16.3. The van der Waals surface area contributed by atoms with Gasteiger partial charge in [0.25, 0.3) is 5.91 Å². The third-order valence-corrected chi connectivity index (χ3v) is 5.78. The fourth-order valence-electron chi connectivity index (χ4n) is 4.02. The lowest BCUT2D eigenvalue weighted by atomic mass is 9.98. The molecular formula is C21H24N6O2. The number of aromatic nitrogens is 3. The van der Waals surface area contributed by atoms with E-state index < -0.39 is 0 Å². The lowest BCUT2D eigenvalue weighted by Crippen LogP contribution is -2.40. The Morgan fingerprint density at radius 2 is 2.28 bits per heavy atom. The van der Waals surface area contributed by atoms with E-state index in [2.05, 4.69) is 21.0 Å². The minimum atomic E-state index is -0.188. The summed E-state index contributed by atoms with van der Waals surface area (Å²) in [6.45, 7) is 2.62. The van der Waals surface area contributed by atoms with Crippen LogP contribution in [0.3, 0.4) is 0 Å². The van der Waals surface area contributed by atoms with Gasteiger partial charge in [-0.25, -0.2) is 15.8 Å². The van der Waals surface area contributed by atoms with Crippen molar-refractivity contribution in [3.05, 3.63) is 71.3 Å². The molecule has 0 unspecified atom stereocenters. The summed E-state index contributed by atoms with van der Waals surface area (Å²) < 4.78 is 5.78. The number of hydrogen-bond donors (Lipinski definition) is 2. The van der Waals surface area contributed by atoms with Crippen LogP contribution >= 0.6 is 0 Å². The van der Waals surface area contributed by atoms with Crippen LogP contribution in [-0.2, 0) is 6.42 Å². The molecule has 8 heteroatoms. The van der Waals surface area contributed by atoms with Gasteiger partial charge >= 0.3 is 0 Å². The number of hydrazine groups is 1. The molecule has 1 fully saturated rings. The number of imidazole rings is 1. The molecule has 2 aromatic rings. The smallest absolute Gasteiger partial charge is 0.291 e. The number of hydrogen-bond acceptors (Lipinski definition) is 6. The van der Waals surface area contributed by atoms with Crippen molar-refractivity contribution < 1.29 is 9.21 Å². The van der Waals surface area contributed by atoms with Gasteiger partial charge in [0.1, 0.15) is 0 Å². The Hall–Kier alpha value is -3.13. The first-order valence-corrected chi connectivity index (χ1v) is 10.00. The number of nitrogens with zero attached hydrogens (tertiary/aromatic N) is 4. The highest BCUT2D eigenvalue weighted by Gasteiger charge is 2.35. The van der Waals surface area contributed by atoms with Crippen LogP contribution in [0.5, 0.6) is 0 Å². The number of fused-ring (bicyclic) bond motifs is 1. The zero-order valence-corrected chi connectivity index (χ0v) is 16.3.